The minimum absolute atomic E-state index is 0.000786. The number of nitrogens with one attached hydrogen (secondary N) is 2. The van der Waals surface area contributed by atoms with Crippen LogP contribution in [0.25, 0.3) is 0 Å². The lowest BCUT2D eigenvalue weighted by molar-refractivity contribution is 0.310. The molecule has 2 N–H and O–H groups in total. The summed E-state index contributed by atoms with van der Waals surface area (Å²) in [6.07, 6.45) is 1.83. The first kappa shape index (κ1) is 18.5. The molecular formula is C22H24N4OS. The van der Waals surface area contributed by atoms with Gasteiger partial charge in [-0.2, -0.15) is 0 Å². The van der Waals surface area contributed by atoms with Crippen molar-refractivity contribution in [3.63, 3.8) is 0 Å². The number of rotatable bonds is 5. The molecule has 1 aromatic carbocycles. The Kier molecular flexibility index (Phi) is 5.05. The summed E-state index contributed by atoms with van der Waals surface area (Å²) >= 11 is 5.74. The Morgan fingerprint density at radius 1 is 1.14 bits per heavy atom. The van der Waals surface area contributed by atoms with Crippen molar-refractivity contribution in [2.45, 2.75) is 32.5 Å². The van der Waals surface area contributed by atoms with Crippen LogP contribution in [0.15, 0.2) is 54.7 Å². The monoisotopic (exact) mass is 392 g/mol. The second-order valence-corrected chi connectivity index (χ2v) is 7.52. The molecule has 0 aliphatic carbocycles. The molecule has 1 fully saturated rings. The van der Waals surface area contributed by atoms with Gasteiger partial charge in [-0.25, -0.2) is 0 Å². The molecule has 1 saturated heterocycles. The average Bonchev–Trinajstić information content (AvgIpc) is 3.21. The van der Waals surface area contributed by atoms with Gasteiger partial charge in [-0.15, -0.1) is 0 Å². The molecule has 6 heteroatoms. The third-order valence-corrected chi connectivity index (χ3v) is 5.57. The van der Waals surface area contributed by atoms with Crippen LogP contribution >= 0.6 is 12.2 Å². The smallest absolute Gasteiger partial charge is 0.170 e. The number of aromatic nitrogens is 2. The summed E-state index contributed by atoms with van der Waals surface area (Å²) < 4.78 is 5.28. The Bertz CT molecular complexity index is 968. The molecule has 0 amide bonds. The number of nitrogens with zero attached hydrogens (tertiary/aromatic N) is 2. The van der Waals surface area contributed by atoms with Crippen LogP contribution in [0.3, 0.4) is 0 Å². The SMILES string of the molecule is COc1ccc(CN2C(=S)NC(c3ccccn3)C2c2cc(C)[nH]c2C)cc1. The predicted octanol–water partition coefficient (Wildman–Crippen LogP) is 4.21. The molecule has 4 rings (SSSR count). The van der Waals surface area contributed by atoms with Gasteiger partial charge in [0.2, 0.25) is 0 Å². The van der Waals surface area contributed by atoms with Gasteiger partial charge >= 0.3 is 0 Å². The third kappa shape index (κ3) is 3.47. The number of methoxy groups -OCH3 is 1. The van der Waals surface area contributed by atoms with Gasteiger partial charge in [0, 0.05) is 24.1 Å². The van der Waals surface area contributed by atoms with Gasteiger partial charge in [0.1, 0.15) is 5.75 Å². The van der Waals surface area contributed by atoms with E-state index in [9.17, 15) is 0 Å². The Morgan fingerprint density at radius 3 is 2.54 bits per heavy atom. The second kappa shape index (κ2) is 7.64. The second-order valence-electron chi connectivity index (χ2n) is 7.14. The highest BCUT2D eigenvalue weighted by atomic mass is 32.1. The van der Waals surface area contributed by atoms with E-state index < -0.39 is 0 Å². The van der Waals surface area contributed by atoms with Crippen LogP contribution < -0.4 is 10.1 Å². The largest absolute Gasteiger partial charge is 0.497 e. The van der Waals surface area contributed by atoms with E-state index in [2.05, 4.69) is 58.3 Å². The lowest BCUT2D eigenvalue weighted by Gasteiger charge is -2.28. The van der Waals surface area contributed by atoms with Gasteiger partial charge in [0.15, 0.2) is 5.11 Å². The van der Waals surface area contributed by atoms with E-state index in [4.69, 9.17) is 17.0 Å². The molecule has 0 saturated carbocycles. The molecule has 144 valence electrons. The maximum atomic E-state index is 5.74. The van der Waals surface area contributed by atoms with Crippen molar-refractivity contribution in [2.24, 2.45) is 0 Å². The van der Waals surface area contributed by atoms with Crippen LogP contribution in [-0.4, -0.2) is 27.1 Å². The maximum absolute atomic E-state index is 5.74. The molecule has 2 aromatic heterocycles. The summed E-state index contributed by atoms with van der Waals surface area (Å²) in [5, 5.41) is 4.25. The first-order chi connectivity index (χ1) is 13.6. The van der Waals surface area contributed by atoms with Crippen LogP contribution in [-0.2, 0) is 6.54 Å². The van der Waals surface area contributed by atoms with Crippen molar-refractivity contribution in [1.82, 2.24) is 20.2 Å². The molecule has 0 spiro atoms. The van der Waals surface area contributed by atoms with Gasteiger partial charge < -0.3 is 19.9 Å². The van der Waals surface area contributed by atoms with Gasteiger partial charge in [0.05, 0.1) is 24.9 Å². The summed E-state index contributed by atoms with van der Waals surface area (Å²) in [5.74, 6) is 0.853. The lowest BCUT2D eigenvalue weighted by Crippen LogP contribution is -2.29. The Balaban J connectivity index is 1.72. The quantitative estimate of drug-likeness (QED) is 0.637. The van der Waals surface area contributed by atoms with Crippen LogP contribution in [0.5, 0.6) is 5.75 Å². The number of hydrogen-bond donors (Lipinski definition) is 2. The molecule has 0 bridgehead atoms. The zero-order valence-corrected chi connectivity index (χ0v) is 17.1. The number of benzene rings is 1. The van der Waals surface area contributed by atoms with E-state index in [0.29, 0.717) is 6.54 Å². The first-order valence-electron chi connectivity index (χ1n) is 9.34. The summed E-state index contributed by atoms with van der Waals surface area (Å²) in [6.45, 7) is 4.92. The molecule has 5 nitrogen and oxygen atoms in total. The topological polar surface area (TPSA) is 53.2 Å². The highest BCUT2D eigenvalue weighted by Crippen LogP contribution is 2.40. The maximum Gasteiger partial charge on any atom is 0.170 e. The number of thiocarbonyl (C=S) groups is 1. The average molecular weight is 393 g/mol. The number of hydrogen-bond acceptors (Lipinski definition) is 3. The molecule has 1 aliphatic rings. The molecule has 3 heterocycles. The van der Waals surface area contributed by atoms with E-state index >= 15 is 0 Å². The van der Waals surface area contributed by atoms with Crippen LogP contribution in [0, 0.1) is 13.8 Å². The molecule has 28 heavy (non-hydrogen) atoms. The molecule has 1 aliphatic heterocycles. The lowest BCUT2D eigenvalue weighted by atomic mass is 9.96. The van der Waals surface area contributed by atoms with Gasteiger partial charge in [0.25, 0.3) is 0 Å². The van der Waals surface area contributed by atoms with Gasteiger partial charge in [-0.3, -0.25) is 4.98 Å². The predicted molar refractivity (Wildman–Crippen MR) is 114 cm³/mol. The molecular weight excluding hydrogens is 368 g/mol. The fraction of sp³-hybridized carbons (Fsp3) is 0.273. The van der Waals surface area contributed by atoms with Crippen molar-refractivity contribution < 1.29 is 4.74 Å². The van der Waals surface area contributed by atoms with E-state index in [1.165, 1.54) is 11.1 Å². The zero-order valence-electron chi connectivity index (χ0n) is 16.3. The standard InChI is InChI=1S/C22H24N4OS/c1-14-12-18(15(2)24-14)21-20(19-6-4-5-11-23-19)25-22(28)26(21)13-16-7-9-17(27-3)10-8-16/h4-12,20-21,24H,13H2,1-3H3,(H,25,28). The molecule has 2 atom stereocenters. The zero-order chi connectivity index (χ0) is 19.7. The fourth-order valence-corrected chi connectivity index (χ4v) is 4.20. The Labute approximate surface area is 170 Å². The van der Waals surface area contributed by atoms with Crippen molar-refractivity contribution in [3.05, 3.63) is 82.9 Å². The number of aryl methyl sites for hydroxylation is 2. The summed E-state index contributed by atoms with van der Waals surface area (Å²) in [5.41, 5.74) is 5.73. The van der Waals surface area contributed by atoms with Crippen molar-refractivity contribution in [1.29, 1.82) is 0 Å². The number of ether oxygens (including phenoxy) is 1. The minimum Gasteiger partial charge on any atom is -0.497 e. The van der Waals surface area contributed by atoms with E-state index in [-0.39, 0.29) is 12.1 Å². The van der Waals surface area contributed by atoms with E-state index in [1.54, 1.807) is 7.11 Å². The summed E-state index contributed by atoms with van der Waals surface area (Å²) in [4.78, 5) is 10.3. The van der Waals surface area contributed by atoms with Crippen molar-refractivity contribution in [2.75, 3.05) is 7.11 Å². The summed E-state index contributed by atoms with van der Waals surface area (Å²) in [6, 6.07) is 16.4. The number of H-pyrrole nitrogens is 1. The molecule has 0 radical (unpaired) electrons. The summed E-state index contributed by atoms with van der Waals surface area (Å²) in [7, 11) is 1.68. The first-order valence-corrected chi connectivity index (χ1v) is 9.74. The van der Waals surface area contributed by atoms with Crippen LogP contribution in [0.2, 0.25) is 0 Å². The minimum atomic E-state index is 0.000786. The Morgan fingerprint density at radius 2 is 1.93 bits per heavy atom. The van der Waals surface area contributed by atoms with Gasteiger partial charge in [-0.1, -0.05) is 18.2 Å². The third-order valence-electron chi connectivity index (χ3n) is 5.22. The highest BCUT2D eigenvalue weighted by molar-refractivity contribution is 7.80. The number of pyridine rings is 1. The molecule has 2 unspecified atom stereocenters. The fourth-order valence-electron chi connectivity index (χ4n) is 3.89. The van der Waals surface area contributed by atoms with E-state index in [0.717, 1.165) is 27.9 Å². The van der Waals surface area contributed by atoms with Crippen molar-refractivity contribution >= 4 is 17.3 Å². The molecule has 3 aromatic rings. The van der Waals surface area contributed by atoms with Gasteiger partial charge in [-0.05, 0) is 67.5 Å². The highest BCUT2D eigenvalue weighted by Gasteiger charge is 2.40. The van der Waals surface area contributed by atoms with Crippen LogP contribution in [0.1, 0.15) is 40.3 Å². The van der Waals surface area contributed by atoms with Crippen LogP contribution in [0.4, 0.5) is 0 Å². The van der Waals surface area contributed by atoms with Crippen molar-refractivity contribution in [3.8, 4) is 5.75 Å². The normalized spacial score (nSPS) is 19.0. The number of aromatic amines is 1. The Hall–Kier alpha value is -2.86. The van der Waals surface area contributed by atoms with E-state index in [1.807, 2.05) is 30.5 Å².